The van der Waals surface area contributed by atoms with Crippen molar-refractivity contribution in [2.75, 3.05) is 5.32 Å². The fourth-order valence-electron chi connectivity index (χ4n) is 1.40. The first-order valence-electron chi connectivity index (χ1n) is 5.58. The van der Waals surface area contributed by atoms with E-state index in [4.69, 9.17) is 4.74 Å². The van der Waals surface area contributed by atoms with Crippen LogP contribution in [0.1, 0.15) is 13.3 Å². The SMILES string of the molecule is CC[C@@H](Oc1ccccc1)C(=O)Nc1nncs1. The van der Waals surface area contributed by atoms with Crippen LogP contribution in [0.4, 0.5) is 5.13 Å². The maximum atomic E-state index is 11.9. The van der Waals surface area contributed by atoms with Crippen LogP contribution in [0.2, 0.25) is 0 Å². The molecule has 1 aromatic carbocycles. The van der Waals surface area contributed by atoms with Crippen LogP contribution >= 0.6 is 11.3 Å². The lowest BCUT2D eigenvalue weighted by molar-refractivity contribution is -0.122. The van der Waals surface area contributed by atoms with E-state index in [2.05, 4.69) is 15.5 Å². The van der Waals surface area contributed by atoms with E-state index < -0.39 is 6.10 Å². The highest BCUT2D eigenvalue weighted by molar-refractivity contribution is 7.13. The molecule has 0 saturated heterocycles. The van der Waals surface area contributed by atoms with Gasteiger partial charge in [-0.15, -0.1) is 10.2 Å². The Morgan fingerprint density at radius 3 is 2.83 bits per heavy atom. The Morgan fingerprint density at radius 1 is 1.44 bits per heavy atom. The summed E-state index contributed by atoms with van der Waals surface area (Å²) in [5.74, 6) is 0.467. The van der Waals surface area contributed by atoms with Crippen molar-refractivity contribution in [1.29, 1.82) is 0 Å². The van der Waals surface area contributed by atoms with Gasteiger partial charge in [-0.3, -0.25) is 10.1 Å². The first kappa shape index (κ1) is 12.5. The second kappa shape index (κ2) is 6.11. The minimum Gasteiger partial charge on any atom is -0.481 e. The van der Waals surface area contributed by atoms with E-state index in [0.717, 1.165) is 0 Å². The third-order valence-corrected chi connectivity index (χ3v) is 2.88. The Balaban J connectivity index is 1.98. The van der Waals surface area contributed by atoms with E-state index in [1.54, 1.807) is 5.51 Å². The summed E-state index contributed by atoms with van der Waals surface area (Å²) in [6.07, 6.45) is 0.0517. The zero-order chi connectivity index (χ0) is 12.8. The lowest BCUT2D eigenvalue weighted by atomic mass is 10.2. The molecule has 0 aliphatic carbocycles. The molecule has 0 radical (unpaired) electrons. The number of carbonyl (C=O) groups is 1. The normalized spacial score (nSPS) is 11.8. The molecule has 1 heterocycles. The molecule has 0 aliphatic rings. The van der Waals surface area contributed by atoms with E-state index in [9.17, 15) is 4.79 Å². The number of carbonyl (C=O) groups excluding carboxylic acids is 1. The minimum absolute atomic E-state index is 0.210. The van der Waals surface area contributed by atoms with Crippen molar-refractivity contribution in [3.05, 3.63) is 35.8 Å². The van der Waals surface area contributed by atoms with Gasteiger partial charge in [0.25, 0.3) is 5.91 Å². The standard InChI is InChI=1S/C12H13N3O2S/c1-2-10(17-9-6-4-3-5-7-9)11(16)14-12-15-13-8-18-12/h3-8,10H,2H2,1H3,(H,14,15,16)/t10-/m1/s1. The van der Waals surface area contributed by atoms with Gasteiger partial charge in [-0.05, 0) is 18.6 Å². The van der Waals surface area contributed by atoms with Crippen molar-refractivity contribution in [3.8, 4) is 5.75 Å². The number of anilines is 1. The highest BCUT2D eigenvalue weighted by Gasteiger charge is 2.19. The number of nitrogens with one attached hydrogen (secondary N) is 1. The summed E-state index contributed by atoms with van der Waals surface area (Å²) >= 11 is 1.28. The van der Waals surface area contributed by atoms with Crippen LogP contribution in [0.5, 0.6) is 5.75 Å². The zero-order valence-corrected chi connectivity index (χ0v) is 10.7. The molecule has 6 heteroatoms. The van der Waals surface area contributed by atoms with E-state index >= 15 is 0 Å². The maximum Gasteiger partial charge on any atom is 0.267 e. The molecule has 0 unspecified atom stereocenters. The van der Waals surface area contributed by atoms with Crippen molar-refractivity contribution < 1.29 is 9.53 Å². The average Bonchev–Trinajstić information content (AvgIpc) is 2.90. The van der Waals surface area contributed by atoms with Gasteiger partial charge in [0.1, 0.15) is 11.3 Å². The largest absolute Gasteiger partial charge is 0.481 e. The first-order valence-corrected chi connectivity index (χ1v) is 6.46. The highest BCUT2D eigenvalue weighted by atomic mass is 32.1. The summed E-state index contributed by atoms with van der Waals surface area (Å²) < 4.78 is 5.62. The van der Waals surface area contributed by atoms with Crippen LogP contribution in [0, 0.1) is 0 Å². The number of ether oxygens (including phenoxy) is 1. The fraction of sp³-hybridized carbons (Fsp3) is 0.250. The minimum atomic E-state index is -0.531. The van der Waals surface area contributed by atoms with Crippen LogP contribution in [0.3, 0.4) is 0 Å². The van der Waals surface area contributed by atoms with E-state index in [-0.39, 0.29) is 5.91 Å². The number of amides is 1. The van der Waals surface area contributed by atoms with Crippen LogP contribution in [0.25, 0.3) is 0 Å². The van der Waals surface area contributed by atoms with Gasteiger partial charge in [0.05, 0.1) is 0 Å². The second-order valence-electron chi connectivity index (χ2n) is 3.56. The average molecular weight is 263 g/mol. The lowest BCUT2D eigenvalue weighted by Gasteiger charge is -2.16. The van der Waals surface area contributed by atoms with Gasteiger partial charge in [-0.1, -0.05) is 36.5 Å². The fourth-order valence-corrected chi connectivity index (χ4v) is 1.85. The molecule has 1 aromatic heterocycles. The molecular formula is C12H13N3O2S. The summed E-state index contributed by atoms with van der Waals surface area (Å²) in [6.45, 7) is 1.90. The molecule has 18 heavy (non-hydrogen) atoms. The molecule has 0 spiro atoms. The quantitative estimate of drug-likeness (QED) is 0.899. The third-order valence-electron chi connectivity index (χ3n) is 2.27. The number of benzene rings is 1. The van der Waals surface area contributed by atoms with Gasteiger partial charge in [-0.2, -0.15) is 0 Å². The van der Waals surface area contributed by atoms with Gasteiger partial charge in [0.2, 0.25) is 5.13 Å². The number of nitrogens with zero attached hydrogens (tertiary/aromatic N) is 2. The molecule has 2 aromatic rings. The van der Waals surface area contributed by atoms with Crippen LogP contribution in [0.15, 0.2) is 35.8 Å². The predicted molar refractivity (Wildman–Crippen MR) is 69.7 cm³/mol. The van der Waals surface area contributed by atoms with Gasteiger partial charge < -0.3 is 4.74 Å². The van der Waals surface area contributed by atoms with Gasteiger partial charge in [0.15, 0.2) is 6.10 Å². The molecule has 2 rings (SSSR count). The lowest BCUT2D eigenvalue weighted by Crippen LogP contribution is -2.32. The number of hydrogen-bond acceptors (Lipinski definition) is 5. The predicted octanol–water partition coefficient (Wildman–Crippen LogP) is 2.33. The molecule has 0 saturated carbocycles. The Bertz CT molecular complexity index is 487. The number of rotatable bonds is 5. The maximum absolute atomic E-state index is 11.9. The Kier molecular flexibility index (Phi) is 4.25. The Labute approximate surface area is 109 Å². The summed E-state index contributed by atoms with van der Waals surface area (Å²) in [5, 5.41) is 10.6. The topological polar surface area (TPSA) is 64.1 Å². The van der Waals surface area contributed by atoms with Crippen molar-refractivity contribution in [1.82, 2.24) is 10.2 Å². The number of hydrogen-bond donors (Lipinski definition) is 1. The van der Waals surface area contributed by atoms with E-state index in [1.165, 1.54) is 11.3 Å². The van der Waals surface area contributed by atoms with Gasteiger partial charge in [0, 0.05) is 0 Å². The Morgan fingerprint density at radius 2 is 2.22 bits per heavy atom. The van der Waals surface area contributed by atoms with E-state index in [1.807, 2.05) is 37.3 Å². The highest BCUT2D eigenvalue weighted by Crippen LogP contribution is 2.15. The van der Waals surface area contributed by atoms with Crippen molar-refractivity contribution in [3.63, 3.8) is 0 Å². The summed E-state index contributed by atoms with van der Waals surface area (Å²) in [5.41, 5.74) is 1.56. The molecule has 1 amide bonds. The molecule has 0 aliphatic heterocycles. The molecule has 5 nitrogen and oxygen atoms in total. The molecule has 0 fully saturated rings. The molecule has 94 valence electrons. The molecule has 1 atom stereocenters. The number of para-hydroxylation sites is 1. The van der Waals surface area contributed by atoms with Crippen LogP contribution in [-0.4, -0.2) is 22.2 Å². The third kappa shape index (κ3) is 3.27. The van der Waals surface area contributed by atoms with Crippen LogP contribution in [-0.2, 0) is 4.79 Å². The van der Waals surface area contributed by atoms with Crippen molar-refractivity contribution >= 4 is 22.4 Å². The van der Waals surface area contributed by atoms with Gasteiger partial charge in [-0.25, -0.2) is 0 Å². The van der Waals surface area contributed by atoms with Gasteiger partial charge >= 0.3 is 0 Å². The van der Waals surface area contributed by atoms with E-state index in [0.29, 0.717) is 17.3 Å². The summed E-state index contributed by atoms with van der Waals surface area (Å²) in [6, 6.07) is 9.27. The molecular weight excluding hydrogens is 250 g/mol. The second-order valence-corrected chi connectivity index (χ2v) is 4.39. The molecule has 0 bridgehead atoms. The Hall–Kier alpha value is -1.95. The first-order chi connectivity index (χ1) is 8.79. The van der Waals surface area contributed by atoms with Crippen molar-refractivity contribution in [2.24, 2.45) is 0 Å². The van der Waals surface area contributed by atoms with Crippen LogP contribution < -0.4 is 10.1 Å². The smallest absolute Gasteiger partial charge is 0.267 e. The summed E-state index contributed by atoms with van der Waals surface area (Å²) in [4.78, 5) is 11.9. The number of aromatic nitrogens is 2. The monoisotopic (exact) mass is 263 g/mol. The van der Waals surface area contributed by atoms with Crippen molar-refractivity contribution in [2.45, 2.75) is 19.4 Å². The summed E-state index contributed by atoms with van der Waals surface area (Å²) in [7, 11) is 0. The molecule has 1 N–H and O–H groups in total. The zero-order valence-electron chi connectivity index (χ0n) is 9.87.